The Kier molecular flexibility index (Phi) is 3.36. The van der Waals surface area contributed by atoms with Crippen molar-refractivity contribution in [3.63, 3.8) is 0 Å². The molecule has 0 amide bonds. The second kappa shape index (κ2) is 5.70. The van der Waals surface area contributed by atoms with Crippen LogP contribution >= 0.6 is 0 Å². The van der Waals surface area contributed by atoms with Crippen LogP contribution in [0.3, 0.4) is 0 Å². The zero-order valence-electron chi connectivity index (χ0n) is 16.1. The molecule has 2 saturated carbocycles. The first-order valence-corrected chi connectivity index (χ1v) is 10.7. The van der Waals surface area contributed by atoms with E-state index in [0.717, 1.165) is 23.3 Å². The highest BCUT2D eigenvalue weighted by Crippen LogP contribution is 2.64. The highest BCUT2D eigenvalue weighted by molar-refractivity contribution is 5.75. The monoisotopic (exact) mass is 356 g/mol. The van der Waals surface area contributed by atoms with Crippen LogP contribution < -0.4 is 0 Å². The molecule has 0 radical (unpaired) electrons. The number of hydrogen-bond donors (Lipinski definition) is 0. The number of nitrogens with zero attached hydrogens (tertiary/aromatic N) is 2. The molecule has 138 valence electrons. The number of aromatic nitrogens is 2. The molecule has 0 spiro atoms. The summed E-state index contributed by atoms with van der Waals surface area (Å²) >= 11 is 0. The lowest BCUT2D eigenvalue weighted by molar-refractivity contribution is 0.0332. The largest absolute Gasteiger partial charge is 0.327 e. The van der Waals surface area contributed by atoms with Crippen LogP contribution in [-0.2, 0) is 6.42 Å². The van der Waals surface area contributed by atoms with E-state index >= 15 is 0 Å². The van der Waals surface area contributed by atoms with Crippen LogP contribution in [0, 0.1) is 17.3 Å². The molecule has 6 rings (SSSR count). The van der Waals surface area contributed by atoms with Gasteiger partial charge in [-0.1, -0.05) is 43.3 Å². The molecule has 0 aliphatic heterocycles. The van der Waals surface area contributed by atoms with Crippen LogP contribution in [0.15, 0.2) is 54.9 Å². The van der Waals surface area contributed by atoms with Crippen LogP contribution in [0.5, 0.6) is 0 Å². The van der Waals surface area contributed by atoms with Crippen molar-refractivity contribution in [1.82, 2.24) is 9.55 Å². The molecule has 5 atom stereocenters. The molecule has 0 N–H and O–H groups in total. The van der Waals surface area contributed by atoms with E-state index in [2.05, 4.69) is 66.3 Å². The van der Waals surface area contributed by atoms with Gasteiger partial charge in [0, 0.05) is 6.04 Å². The summed E-state index contributed by atoms with van der Waals surface area (Å²) in [6.07, 6.45) is 10.2. The third-order valence-electron chi connectivity index (χ3n) is 8.41. The summed E-state index contributed by atoms with van der Waals surface area (Å²) in [4.78, 5) is 4.71. The van der Waals surface area contributed by atoms with Gasteiger partial charge in [-0.05, 0) is 85.0 Å². The van der Waals surface area contributed by atoms with E-state index in [9.17, 15) is 0 Å². The summed E-state index contributed by atoms with van der Waals surface area (Å²) < 4.78 is 2.52. The van der Waals surface area contributed by atoms with Gasteiger partial charge in [-0.3, -0.25) is 0 Å². The molecule has 2 aromatic carbocycles. The third-order valence-corrected chi connectivity index (χ3v) is 8.41. The normalized spacial score (nSPS) is 34.9. The van der Waals surface area contributed by atoms with Gasteiger partial charge in [0.15, 0.2) is 0 Å². The topological polar surface area (TPSA) is 17.8 Å². The van der Waals surface area contributed by atoms with Crippen molar-refractivity contribution in [3.05, 3.63) is 66.0 Å². The third kappa shape index (κ3) is 2.16. The van der Waals surface area contributed by atoms with E-state index in [1.54, 1.807) is 11.1 Å². The fourth-order valence-electron chi connectivity index (χ4n) is 7.18. The van der Waals surface area contributed by atoms with E-state index in [1.807, 2.05) is 0 Å². The van der Waals surface area contributed by atoms with Gasteiger partial charge in [0.05, 0.1) is 17.4 Å². The highest BCUT2D eigenvalue weighted by atomic mass is 15.1. The van der Waals surface area contributed by atoms with Crippen molar-refractivity contribution in [2.75, 3.05) is 0 Å². The summed E-state index contributed by atoms with van der Waals surface area (Å²) in [5.74, 6) is 2.53. The van der Waals surface area contributed by atoms with Crippen molar-refractivity contribution >= 4 is 11.0 Å². The molecule has 27 heavy (non-hydrogen) atoms. The number of aryl methyl sites for hydroxylation is 1. The van der Waals surface area contributed by atoms with Crippen molar-refractivity contribution in [2.45, 2.75) is 57.4 Å². The number of benzene rings is 2. The quantitative estimate of drug-likeness (QED) is 0.512. The number of para-hydroxylation sites is 2. The maximum Gasteiger partial charge on any atom is 0.0961 e. The molecule has 2 fully saturated rings. The standard InChI is InChI=1S/C25H28N2/c1-25-15-14-19-18-7-3-2-6-17(18)10-11-20(19)21(25)12-13-24(25)27-16-26-22-8-4-5-9-23(22)27/h2-9,16,19-21,24H,10-15H2,1H3/t19-,20-,21+,24?,25+/m1/s1. The summed E-state index contributed by atoms with van der Waals surface area (Å²) in [7, 11) is 0. The first-order chi connectivity index (χ1) is 13.3. The van der Waals surface area contributed by atoms with E-state index in [0.29, 0.717) is 11.5 Å². The van der Waals surface area contributed by atoms with Gasteiger partial charge in [-0.2, -0.15) is 0 Å². The summed E-state index contributed by atoms with van der Waals surface area (Å²) in [6, 6.07) is 18.5. The van der Waals surface area contributed by atoms with Gasteiger partial charge in [0.1, 0.15) is 0 Å². The average molecular weight is 357 g/mol. The predicted octanol–water partition coefficient (Wildman–Crippen LogP) is 6.13. The van der Waals surface area contributed by atoms with Gasteiger partial charge in [0.2, 0.25) is 0 Å². The summed E-state index contributed by atoms with van der Waals surface area (Å²) in [5, 5.41) is 0. The Bertz CT molecular complexity index is 1000. The molecule has 3 aliphatic rings. The Morgan fingerprint density at radius 2 is 1.81 bits per heavy atom. The van der Waals surface area contributed by atoms with Gasteiger partial charge in [-0.15, -0.1) is 0 Å². The van der Waals surface area contributed by atoms with Gasteiger partial charge >= 0.3 is 0 Å². The van der Waals surface area contributed by atoms with Crippen LogP contribution in [0.1, 0.15) is 62.1 Å². The molecule has 1 heterocycles. The lowest BCUT2D eigenvalue weighted by atomic mass is 9.55. The van der Waals surface area contributed by atoms with Crippen LogP contribution in [-0.4, -0.2) is 9.55 Å². The molecule has 0 saturated heterocycles. The molecule has 3 aliphatic carbocycles. The van der Waals surface area contributed by atoms with E-state index in [-0.39, 0.29) is 0 Å². The van der Waals surface area contributed by atoms with Crippen molar-refractivity contribution in [2.24, 2.45) is 17.3 Å². The second-order valence-electron chi connectivity index (χ2n) is 9.39. The van der Waals surface area contributed by atoms with Crippen molar-refractivity contribution < 1.29 is 0 Å². The Morgan fingerprint density at radius 1 is 0.963 bits per heavy atom. The zero-order valence-corrected chi connectivity index (χ0v) is 16.1. The maximum absolute atomic E-state index is 4.71. The fourth-order valence-corrected chi connectivity index (χ4v) is 7.18. The Balaban J connectivity index is 1.38. The molecular weight excluding hydrogens is 328 g/mol. The molecule has 2 heteroatoms. The van der Waals surface area contributed by atoms with E-state index in [1.165, 1.54) is 44.0 Å². The summed E-state index contributed by atoms with van der Waals surface area (Å²) in [6.45, 7) is 2.60. The van der Waals surface area contributed by atoms with E-state index in [4.69, 9.17) is 4.98 Å². The number of fused-ring (bicyclic) bond motifs is 6. The maximum atomic E-state index is 4.71. The Morgan fingerprint density at radius 3 is 2.78 bits per heavy atom. The number of hydrogen-bond acceptors (Lipinski definition) is 1. The molecule has 1 unspecified atom stereocenters. The first kappa shape index (κ1) is 15.9. The first-order valence-electron chi connectivity index (χ1n) is 10.7. The zero-order chi connectivity index (χ0) is 18.0. The van der Waals surface area contributed by atoms with Gasteiger partial charge in [-0.25, -0.2) is 4.98 Å². The molecule has 0 bridgehead atoms. The summed E-state index contributed by atoms with van der Waals surface area (Å²) in [5.41, 5.74) is 6.17. The minimum Gasteiger partial charge on any atom is -0.327 e. The lowest BCUT2D eigenvalue weighted by Gasteiger charge is -2.51. The predicted molar refractivity (Wildman–Crippen MR) is 110 cm³/mol. The van der Waals surface area contributed by atoms with Crippen molar-refractivity contribution in [3.8, 4) is 0 Å². The lowest BCUT2D eigenvalue weighted by Crippen LogP contribution is -2.42. The van der Waals surface area contributed by atoms with E-state index < -0.39 is 0 Å². The average Bonchev–Trinajstić information content (AvgIpc) is 3.28. The molecule has 3 aromatic rings. The van der Waals surface area contributed by atoms with Crippen LogP contribution in [0.25, 0.3) is 11.0 Å². The minimum atomic E-state index is 0.414. The number of rotatable bonds is 1. The SMILES string of the molecule is C[C@]12CC[C@@H]3c4ccccc4CC[C@H]3[C@@H]1CCC2n1cnc2ccccc21. The molecule has 1 aromatic heterocycles. The number of imidazole rings is 1. The minimum absolute atomic E-state index is 0.414. The Labute approximate surface area is 161 Å². The molecule has 2 nitrogen and oxygen atoms in total. The second-order valence-corrected chi connectivity index (χ2v) is 9.39. The van der Waals surface area contributed by atoms with Crippen LogP contribution in [0.4, 0.5) is 0 Å². The van der Waals surface area contributed by atoms with Crippen molar-refractivity contribution in [1.29, 1.82) is 0 Å². The molecular formula is C25H28N2. The van der Waals surface area contributed by atoms with Gasteiger partial charge in [0.25, 0.3) is 0 Å². The smallest absolute Gasteiger partial charge is 0.0961 e. The Hall–Kier alpha value is -2.09. The highest BCUT2D eigenvalue weighted by Gasteiger charge is 2.55. The van der Waals surface area contributed by atoms with Crippen LogP contribution in [0.2, 0.25) is 0 Å². The fraction of sp³-hybridized carbons (Fsp3) is 0.480. The van der Waals surface area contributed by atoms with Gasteiger partial charge < -0.3 is 4.57 Å².